The molecule has 1 N–H and O–H groups in total. The van der Waals surface area contributed by atoms with E-state index in [0.29, 0.717) is 0 Å². The summed E-state index contributed by atoms with van der Waals surface area (Å²) in [5, 5.41) is 3.44. The predicted octanol–water partition coefficient (Wildman–Crippen LogP) is 0.158. The molecule has 0 aliphatic carbocycles. The molecule has 2 fully saturated rings. The second-order valence-corrected chi connectivity index (χ2v) is 3.53. The van der Waals surface area contributed by atoms with Crippen molar-refractivity contribution < 1.29 is 0 Å². The number of rotatable bonds is 1. The van der Waals surface area contributed by atoms with Crippen LogP contribution in [0.4, 0.5) is 0 Å². The first-order chi connectivity index (χ1) is 4.90. The van der Waals surface area contributed by atoms with E-state index in [1.165, 1.54) is 32.7 Å². The second-order valence-electron chi connectivity index (χ2n) is 3.53. The van der Waals surface area contributed by atoms with Crippen molar-refractivity contribution in [3.63, 3.8) is 0 Å². The van der Waals surface area contributed by atoms with Gasteiger partial charge in [-0.3, -0.25) is 0 Å². The van der Waals surface area contributed by atoms with Crippen LogP contribution in [0.1, 0.15) is 6.92 Å². The summed E-state index contributed by atoms with van der Waals surface area (Å²) in [5.74, 6) is 1.94. The smallest absolute Gasteiger partial charge is 0.00254 e. The molecule has 2 aliphatic rings. The molecule has 0 radical (unpaired) electrons. The lowest BCUT2D eigenvalue weighted by atomic mass is 10.0. The molecule has 2 nitrogen and oxygen atoms in total. The van der Waals surface area contributed by atoms with Gasteiger partial charge in [-0.05, 0) is 31.5 Å². The lowest BCUT2D eigenvalue weighted by Crippen LogP contribution is -2.25. The third kappa shape index (κ3) is 0.956. The van der Waals surface area contributed by atoms with Crippen LogP contribution in [0.15, 0.2) is 0 Å². The molecule has 2 aliphatic heterocycles. The van der Waals surface area contributed by atoms with E-state index in [9.17, 15) is 0 Å². The van der Waals surface area contributed by atoms with Crippen LogP contribution >= 0.6 is 0 Å². The molecule has 2 heteroatoms. The number of nitrogens with zero attached hydrogens (tertiary/aromatic N) is 1. The molecule has 0 aromatic heterocycles. The lowest BCUT2D eigenvalue weighted by molar-refractivity contribution is 0.330. The van der Waals surface area contributed by atoms with Crippen molar-refractivity contribution in [3.05, 3.63) is 0 Å². The summed E-state index contributed by atoms with van der Waals surface area (Å²) >= 11 is 0. The lowest BCUT2D eigenvalue weighted by Gasteiger charge is -2.12. The minimum Gasteiger partial charge on any atom is -0.316 e. The van der Waals surface area contributed by atoms with Crippen LogP contribution in [0.3, 0.4) is 0 Å². The molecule has 0 bridgehead atoms. The van der Waals surface area contributed by atoms with Gasteiger partial charge >= 0.3 is 0 Å². The molecule has 0 aromatic carbocycles. The highest BCUT2D eigenvalue weighted by Gasteiger charge is 2.34. The predicted molar refractivity (Wildman–Crippen MR) is 42.0 cm³/mol. The first-order valence-corrected chi connectivity index (χ1v) is 4.33. The quantitative estimate of drug-likeness (QED) is 0.558. The van der Waals surface area contributed by atoms with Crippen molar-refractivity contribution in [1.29, 1.82) is 0 Å². The van der Waals surface area contributed by atoms with Gasteiger partial charge in [0.05, 0.1) is 0 Å². The normalized spacial score (nSPS) is 40.5. The van der Waals surface area contributed by atoms with Gasteiger partial charge in [-0.15, -0.1) is 0 Å². The molecule has 0 unspecified atom stereocenters. The fourth-order valence-corrected chi connectivity index (χ4v) is 2.21. The van der Waals surface area contributed by atoms with Gasteiger partial charge in [0.1, 0.15) is 0 Å². The minimum atomic E-state index is 0.972. The van der Waals surface area contributed by atoms with Crippen molar-refractivity contribution in [2.24, 2.45) is 11.8 Å². The SMILES string of the molecule is CCN1C[C@H]2CNC[C@H]2C1. The van der Waals surface area contributed by atoms with E-state index in [2.05, 4.69) is 17.1 Å². The summed E-state index contributed by atoms with van der Waals surface area (Å²) in [6.45, 7) is 8.71. The van der Waals surface area contributed by atoms with Gasteiger partial charge in [0.15, 0.2) is 0 Å². The number of likely N-dealkylation sites (tertiary alicyclic amines) is 1. The molecule has 2 saturated heterocycles. The Bertz CT molecular complexity index is 112. The van der Waals surface area contributed by atoms with Gasteiger partial charge in [-0.2, -0.15) is 0 Å². The maximum Gasteiger partial charge on any atom is 0.00254 e. The zero-order chi connectivity index (χ0) is 6.97. The molecule has 2 rings (SSSR count). The van der Waals surface area contributed by atoms with Gasteiger partial charge in [-0.25, -0.2) is 0 Å². The molecule has 0 amide bonds. The number of nitrogens with one attached hydrogen (secondary N) is 1. The van der Waals surface area contributed by atoms with Crippen LogP contribution in [0.5, 0.6) is 0 Å². The summed E-state index contributed by atoms with van der Waals surface area (Å²) < 4.78 is 0. The second kappa shape index (κ2) is 2.51. The summed E-state index contributed by atoms with van der Waals surface area (Å²) in [6, 6.07) is 0. The van der Waals surface area contributed by atoms with Crippen LogP contribution in [0, 0.1) is 11.8 Å². The van der Waals surface area contributed by atoms with E-state index < -0.39 is 0 Å². The Hall–Kier alpha value is -0.0800. The third-order valence-electron chi connectivity index (χ3n) is 2.91. The Morgan fingerprint density at radius 2 is 1.90 bits per heavy atom. The van der Waals surface area contributed by atoms with Crippen molar-refractivity contribution in [2.45, 2.75) is 6.92 Å². The largest absolute Gasteiger partial charge is 0.316 e. The van der Waals surface area contributed by atoms with E-state index >= 15 is 0 Å². The van der Waals surface area contributed by atoms with Crippen molar-refractivity contribution in [1.82, 2.24) is 10.2 Å². The van der Waals surface area contributed by atoms with Crippen LogP contribution in [0.25, 0.3) is 0 Å². The molecule has 10 heavy (non-hydrogen) atoms. The summed E-state index contributed by atoms with van der Waals surface area (Å²) in [7, 11) is 0. The van der Waals surface area contributed by atoms with E-state index in [1.807, 2.05) is 0 Å². The van der Waals surface area contributed by atoms with Crippen LogP contribution < -0.4 is 5.32 Å². The Balaban J connectivity index is 1.94. The molecule has 2 heterocycles. The first-order valence-electron chi connectivity index (χ1n) is 4.33. The summed E-state index contributed by atoms with van der Waals surface area (Å²) in [6.07, 6.45) is 0. The molecule has 0 aromatic rings. The highest BCUT2D eigenvalue weighted by Crippen LogP contribution is 2.25. The highest BCUT2D eigenvalue weighted by molar-refractivity contribution is 4.90. The standard InChI is InChI=1S/C8H16N2/c1-2-10-5-7-3-9-4-8(7)6-10/h7-9H,2-6H2,1H3/t7-,8+. The fraction of sp³-hybridized carbons (Fsp3) is 1.00. The van der Waals surface area contributed by atoms with Crippen LogP contribution in [-0.2, 0) is 0 Å². The zero-order valence-corrected chi connectivity index (χ0v) is 6.64. The molecular formula is C8H16N2. The van der Waals surface area contributed by atoms with Gasteiger partial charge in [0.2, 0.25) is 0 Å². The van der Waals surface area contributed by atoms with Crippen LogP contribution in [-0.4, -0.2) is 37.6 Å². The van der Waals surface area contributed by atoms with Crippen molar-refractivity contribution in [2.75, 3.05) is 32.7 Å². The van der Waals surface area contributed by atoms with Gasteiger partial charge in [0.25, 0.3) is 0 Å². The molecule has 0 saturated carbocycles. The first kappa shape index (κ1) is 6.62. The molecular weight excluding hydrogens is 124 g/mol. The highest BCUT2D eigenvalue weighted by atomic mass is 15.2. The van der Waals surface area contributed by atoms with Crippen LogP contribution in [0.2, 0.25) is 0 Å². The average molecular weight is 140 g/mol. The monoisotopic (exact) mass is 140 g/mol. The van der Waals surface area contributed by atoms with Gasteiger partial charge < -0.3 is 10.2 Å². The molecule has 58 valence electrons. The maximum absolute atomic E-state index is 3.44. The van der Waals surface area contributed by atoms with Crippen molar-refractivity contribution >= 4 is 0 Å². The maximum atomic E-state index is 3.44. The topological polar surface area (TPSA) is 15.3 Å². The third-order valence-corrected chi connectivity index (χ3v) is 2.91. The number of hydrogen-bond acceptors (Lipinski definition) is 2. The summed E-state index contributed by atoms with van der Waals surface area (Å²) in [4.78, 5) is 2.57. The van der Waals surface area contributed by atoms with E-state index in [1.54, 1.807) is 0 Å². The molecule has 2 atom stereocenters. The van der Waals surface area contributed by atoms with Gasteiger partial charge in [-0.1, -0.05) is 6.92 Å². The van der Waals surface area contributed by atoms with Gasteiger partial charge in [0, 0.05) is 13.1 Å². The van der Waals surface area contributed by atoms with E-state index in [0.717, 1.165) is 11.8 Å². The van der Waals surface area contributed by atoms with E-state index in [4.69, 9.17) is 0 Å². The Morgan fingerprint density at radius 1 is 1.30 bits per heavy atom. The number of fused-ring (bicyclic) bond motifs is 1. The van der Waals surface area contributed by atoms with Crippen molar-refractivity contribution in [3.8, 4) is 0 Å². The summed E-state index contributed by atoms with van der Waals surface area (Å²) in [5.41, 5.74) is 0. The number of hydrogen-bond donors (Lipinski definition) is 1. The molecule has 0 spiro atoms. The fourth-order valence-electron chi connectivity index (χ4n) is 2.21. The Kier molecular flexibility index (Phi) is 1.66. The average Bonchev–Trinajstić information content (AvgIpc) is 2.42. The Labute approximate surface area is 62.6 Å². The van der Waals surface area contributed by atoms with E-state index in [-0.39, 0.29) is 0 Å². The minimum absolute atomic E-state index is 0.972. The zero-order valence-electron chi connectivity index (χ0n) is 6.64. The Morgan fingerprint density at radius 3 is 2.40 bits per heavy atom.